The number of carbonyl (C=O) groups is 1. The highest BCUT2D eigenvalue weighted by atomic mass is 32.2. The molecule has 3 aromatic rings. The summed E-state index contributed by atoms with van der Waals surface area (Å²) in [5.74, 6) is 0.157. The second-order valence-corrected chi connectivity index (χ2v) is 10.1. The number of aryl methyl sites for hydroxylation is 1. The fraction of sp³-hybridized carbons (Fsp3) is 0.320. The summed E-state index contributed by atoms with van der Waals surface area (Å²) in [7, 11) is -0.467. The lowest BCUT2D eigenvalue weighted by Gasteiger charge is -2.42. The minimum atomic E-state index is -0.467. The van der Waals surface area contributed by atoms with E-state index in [1.165, 1.54) is 27.1 Å². The third kappa shape index (κ3) is 2.90. The Bertz CT molecular complexity index is 1100. The molecular weight excluding hydrogens is 376 g/mol. The van der Waals surface area contributed by atoms with Gasteiger partial charge in [-0.25, -0.2) is 0 Å². The average molecular weight is 404 g/mol. The van der Waals surface area contributed by atoms with E-state index in [-0.39, 0.29) is 11.2 Å². The molecular formula is C25H27N2OS+. The first-order chi connectivity index (χ1) is 14.0. The first-order valence-corrected chi connectivity index (χ1v) is 11.7. The van der Waals surface area contributed by atoms with Gasteiger partial charge in [0.15, 0.2) is 16.0 Å². The van der Waals surface area contributed by atoms with Crippen LogP contribution in [0, 0.1) is 0 Å². The van der Waals surface area contributed by atoms with Crippen molar-refractivity contribution in [3.8, 4) is 0 Å². The van der Waals surface area contributed by atoms with E-state index in [1.54, 1.807) is 0 Å². The molecule has 3 nitrogen and oxygen atoms in total. The fourth-order valence-electron chi connectivity index (χ4n) is 5.24. The molecule has 2 unspecified atom stereocenters. The molecule has 4 heteroatoms. The zero-order valence-corrected chi connectivity index (χ0v) is 17.9. The van der Waals surface area contributed by atoms with Crippen LogP contribution in [-0.2, 0) is 24.9 Å². The van der Waals surface area contributed by atoms with Gasteiger partial charge < -0.3 is 0 Å². The Morgan fingerprint density at radius 1 is 1.10 bits per heavy atom. The number of nitrogen functional groups attached to an aromatic ring is 1. The topological polar surface area (TPSA) is 46.3 Å². The maximum absolute atomic E-state index is 13.3. The number of carbonyl (C=O) groups excluding carboxylic acids is 1. The quantitative estimate of drug-likeness (QED) is 0.626. The minimum absolute atomic E-state index is 0.157. The van der Waals surface area contributed by atoms with Crippen LogP contribution in [0.2, 0.25) is 0 Å². The highest BCUT2D eigenvalue weighted by Crippen LogP contribution is 2.50. The molecule has 0 amide bonds. The number of hydrogen-bond donors (Lipinski definition) is 1. The number of benzene rings is 2. The van der Waals surface area contributed by atoms with Crippen molar-refractivity contribution in [3.05, 3.63) is 92.2 Å². The Balaban J connectivity index is 1.65. The number of ketones is 1. The zero-order chi connectivity index (χ0) is 20.2. The molecule has 2 heterocycles. The second kappa shape index (κ2) is 6.91. The number of nitrogens with two attached hydrogens (primary N) is 1. The molecule has 5 rings (SSSR count). The van der Waals surface area contributed by atoms with Crippen LogP contribution in [0.15, 0.2) is 53.9 Å². The molecule has 1 aliphatic carbocycles. The van der Waals surface area contributed by atoms with Crippen molar-refractivity contribution in [1.29, 1.82) is 0 Å². The molecule has 0 radical (unpaired) electrons. The van der Waals surface area contributed by atoms with Gasteiger partial charge in [-0.15, -0.1) is 5.14 Å². The predicted molar refractivity (Wildman–Crippen MR) is 120 cm³/mol. The van der Waals surface area contributed by atoms with Crippen LogP contribution in [0.4, 0.5) is 0 Å². The van der Waals surface area contributed by atoms with Gasteiger partial charge in [0, 0.05) is 29.6 Å². The van der Waals surface area contributed by atoms with Crippen LogP contribution in [0.25, 0.3) is 0 Å². The summed E-state index contributed by atoms with van der Waals surface area (Å²) >= 11 is 0. The fourth-order valence-corrected chi connectivity index (χ4v) is 6.77. The minimum Gasteiger partial charge on any atom is -0.289 e. The first kappa shape index (κ1) is 18.7. The summed E-state index contributed by atoms with van der Waals surface area (Å²) in [4.78, 5) is 17.0. The molecule has 1 aromatic heterocycles. The summed E-state index contributed by atoms with van der Waals surface area (Å²) in [5, 5.41) is 8.58. The summed E-state index contributed by atoms with van der Waals surface area (Å²) in [5.41, 5.74) is 6.58. The van der Waals surface area contributed by atoms with E-state index in [9.17, 15) is 4.79 Å². The third-order valence-corrected chi connectivity index (χ3v) is 7.88. The third-order valence-electron chi connectivity index (χ3n) is 6.49. The molecule has 2 aliphatic rings. The lowest BCUT2D eigenvalue weighted by Crippen LogP contribution is -2.47. The molecule has 148 valence electrons. The maximum Gasteiger partial charge on any atom is 0.198 e. The largest absolute Gasteiger partial charge is 0.289 e. The average Bonchev–Trinajstić information content (AvgIpc) is 3.05. The molecule has 2 N–H and O–H groups in total. The van der Waals surface area contributed by atoms with Crippen LogP contribution in [0.5, 0.6) is 0 Å². The molecule has 29 heavy (non-hydrogen) atoms. The maximum atomic E-state index is 13.3. The highest BCUT2D eigenvalue weighted by Gasteiger charge is 2.50. The smallest absolute Gasteiger partial charge is 0.198 e. The van der Waals surface area contributed by atoms with Gasteiger partial charge in [-0.3, -0.25) is 9.69 Å². The Morgan fingerprint density at radius 2 is 1.90 bits per heavy atom. The molecule has 0 spiro atoms. The van der Waals surface area contributed by atoms with Gasteiger partial charge in [0.1, 0.15) is 0 Å². The van der Waals surface area contributed by atoms with Gasteiger partial charge in [-0.1, -0.05) is 61.9 Å². The van der Waals surface area contributed by atoms with Gasteiger partial charge in [0.05, 0.1) is 22.8 Å². The van der Waals surface area contributed by atoms with Crippen LogP contribution >= 0.6 is 10.7 Å². The first-order valence-electron chi connectivity index (χ1n) is 10.4. The van der Waals surface area contributed by atoms with Crippen LogP contribution in [0.1, 0.15) is 63.3 Å². The standard InChI is InChI=1S/C25H27N2OS/c1-3-7-17-10-11-19-21(12-17)25(2)16-27(13-18-8-5-4-6-9-18)14-22-23(25)20(24(19)28)15-29(22)26/h4-6,8-12,15H,3,7,13-14,16,26H2,1-2H3/q+1. The van der Waals surface area contributed by atoms with Crippen LogP contribution in [0.3, 0.4) is 0 Å². The second-order valence-electron chi connectivity index (χ2n) is 8.62. The highest BCUT2D eigenvalue weighted by molar-refractivity contribution is 7.30. The molecule has 1 aliphatic heterocycles. The van der Waals surface area contributed by atoms with E-state index in [2.05, 4.69) is 61.2 Å². The molecule has 0 bridgehead atoms. The summed E-state index contributed by atoms with van der Waals surface area (Å²) in [6.07, 6.45) is 2.15. The Kier molecular flexibility index (Phi) is 4.46. The van der Waals surface area contributed by atoms with Gasteiger partial charge in [-0.2, -0.15) is 0 Å². The molecule has 2 aromatic carbocycles. The number of fused-ring (bicyclic) bond motifs is 2. The molecule has 0 saturated heterocycles. The Labute approximate surface area is 175 Å². The Morgan fingerprint density at radius 3 is 2.66 bits per heavy atom. The summed E-state index contributed by atoms with van der Waals surface area (Å²) in [6.45, 7) is 7.17. The Hall–Kier alpha value is -2.27. The normalized spacial score (nSPS) is 21.1. The van der Waals surface area contributed by atoms with E-state index in [0.29, 0.717) is 0 Å². The monoisotopic (exact) mass is 403 g/mol. The van der Waals surface area contributed by atoms with Crippen molar-refractivity contribution in [1.82, 2.24) is 4.90 Å². The van der Waals surface area contributed by atoms with E-state index in [1.807, 2.05) is 11.4 Å². The van der Waals surface area contributed by atoms with Crippen molar-refractivity contribution in [3.63, 3.8) is 0 Å². The van der Waals surface area contributed by atoms with Crippen LogP contribution in [-0.4, -0.2) is 17.2 Å². The number of hydrogen-bond acceptors (Lipinski definition) is 3. The summed E-state index contributed by atoms with van der Waals surface area (Å²) < 4.78 is 0. The van der Waals surface area contributed by atoms with E-state index in [0.717, 1.165) is 43.6 Å². The van der Waals surface area contributed by atoms with Gasteiger partial charge in [0.25, 0.3) is 0 Å². The number of thiophene rings is 1. The molecule has 0 saturated carbocycles. The van der Waals surface area contributed by atoms with E-state index >= 15 is 0 Å². The van der Waals surface area contributed by atoms with Gasteiger partial charge in [-0.05, 0) is 30.0 Å². The number of rotatable bonds is 4. The molecule has 2 atom stereocenters. The van der Waals surface area contributed by atoms with E-state index < -0.39 is 10.7 Å². The van der Waals surface area contributed by atoms with Crippen molar-refractivity contribution in [2.75, 3.05) is 11.7 Å². The van der Waals surface area contributed by atoms with Crippen molar-refractivity contribution < 1.29 is 4.79 Å². The van der Waals surface area contributed by atoms with Crippen LogP contribution < -0.4 is 5.14 Å². The predicted octanol–water partition coefficient (Wildman–Crippen LogP) is 4.97. The van der Waals surface area contributed by atoms with Crippen molar-refractivity contribution in [2.45, 2.75) is 45.2 Å². The van der Waals surface area contributed by atoms with Crippen molar-refractivity contribution >= 4 is 16.4 Å². The van der Waals surface area contributed by atoms with E-state index in [4.69, 9.17) is 5.14 Å². The number of nitrogens with zero attached hydrogens (tertiary/aromatic N) is 1. The molecule has 0 fully saturated rings. The lowest BCUT2D eigenvalue weighted by molar-refractivity contribution is 0.102. The zero-order valence-electron chi connectivity index (χ0n) is 17.1. The summed E-state index contributed by atoms with van der Waals surface area (Å²) in [6, 6.07) is 17.1. The van der Waals surface area contributed by atoms with Gasteiger partial charge in [0.2, 0.25) is 0 Å². The SMILES string of the molecule is CCCc1ccc2c(c1)C1(C)CN(Cc3ccccc3)Cc3c1c(c[s+]3N)C2=O. The van der Waals surface area contributed by atoms with Crippen molar-refractivity contribution in [2.24, 2.45) is 0 Å². The van der Waals surface area contributed by atoms with Gasteiger partial charge >= 0.3 is 0 Å². The lowest BCUT2D eigenvalue weighted by atomic mass is 9.65.